The molecule has 1 aliphatic heterocycles. The molecule has 3 aliphatic rings. The van der Waals surface area contributed by atoms with Crippen LogP contribution in [0, 0.1) is 12.3 Å². The van der Waals surface area contributed by atoms with E-state index in [0.717, 1.165) is 18.1 Å². The molecule has 1 spiro atoms. The van der Waals surface area contributed by atoms with Crippen LogP contribution in [0.25, 0.3) is 10.9 Å². The minimum Gasteiger partial charge on any atom is -0.370 e. The van der Waals surface area contributed by atoms with Gasteiger partial charge in [0, 0.05) is 35.6 Å². The van der Waals surface area contributed by atoms with E-state index in [-0.39, 0.29) is 11.5 Å². The summed E-state index contributed by atoms with van der Waals surface area (Å²) in [5, 5.41) is 4.97. The maximum atomic E-state index is 4.96. The summed E-state index contributed by atoms with van der Waals surface area (Å²) in [6, 6.07) is 11.6. The molecule has 0 bridgehead atoms. The molecular formula is C30H38N4. The van der Waals surface area contributed by atoms with Crippen molar-refractivity contribution in [1.29, 1.82) is 0 Å². The Morgan fingerprint density at radius 2 is 1.76 bits per heavy atom. The monoisotopic (exact) mass is 454 g/mol. The van der Waals surface area contributed by atoms with Crippen molar-refractivity contribution < 1.29 is 0 Å². The fourth-order valence-electron chi connectivity index (χ4n) is 6.34. The first-order valence-corrected chi connectivity index (χ1v) is 13.2. The van der Waals surface area contributed by atoms with E-state index < -0.39 is 0 Å². The van der Waals surface area contributed by atoms with E-state index in [0.29, 0.717) is 5.41 Å². The summed E-state index contributed by atoms with van der Waals surface area (Å²) in [5.41, 5.74) is 9.07. The standard InChI is InChI=1S/C30H38N4/c1-19(21-9-6-10-22(15-21)29(3,4)5)31-28-25-16-26(34-17-30(18-34)13-8-14-30)23-11-7-12-24(23)27(25)32-20(2)33-28/h6,9-10,15-16,19H,7-8,11-14,17-18H2,1-5H3,(H,31,32,33)/t19-/m1/s1. The number of aromatic nitrogens is 2. The SMILES string of the molecule is Cc1nc(N[C@H](C)c2cccc(C(C)(C)C)c2)c2cc(N3CC4(CCC4)C3)c3c(c2n1)CCC3. The summed E-state index contributed by atoms with van der Waals surface area (Å²) in [6.45, 7) is 13.6. The third-order valence-electron chi connectivity index (χ3n) is 8.56. The third kappa shape index (κ3) is 3.57. The molecule has 4 nitrogen and oxygen atoms in total. The van der Waals surface area contributed by atoms with Gasteiger partial charge in [-0.1, -0.05) is 51.5 Å². The van der Waals surface area contributed by atoms with Crippen LogP contribution in [0.5, 0.6) is 0 Å². The number of benzene rings is 2. The maximum absolute atomic E-state index is 4.96. The van der Waals surface area contributed by atoms with Gasteiger partial charge in [0.05, 0.1) is 5.52 Å². The van der Waals surface area contributed by atoms with E-state index in [1.165, 1.54) is 78.5 Å². The normalized spacial score (nSPS) is 19.6. The Labute approximate surface area is 204 Å². The van der Waals surface area contributed by atoms with Crippen LogP contribution in [0.2, 0.25) is 0 Å². The average Bonchev–Trinajstić information content (AvgIpc) is 3.22. The predicted molar refractivity (Wildman–Crippen MR) is 142 cm³/mol. The number of hydrogen-bond acceptors (Lipinski definition) is 4. The quantitative estimate of drug-likeness (QED) is 0.466. The molecule has 178 valence electrons. The molecule has 4 heteroatoms. The van der Waals surface area contributed by atoms with E-state index in [1.54, 1.807) is 5.56 Å². The Bertz CT molecular complexity index is 1260. The van der Waals surface area contributed by atoms with Gasteiger partial charge in [0.25, 0.3) is 0 Å². The maximum Gasteiger partial charge on any atom is 0.138 e. The van der Waals surface area contributed by atoms with Gasteiger partial charge in [-0.2, -0.15) is 0 Å². The molecule has 2 aromatic carbocycles. The second kappa shape index (κ2) is 7.69. The molecule has 1 saturated heterocycles. The first-order valence-electron chi connectivity index (χ1n) is 13.2. The Morgan fingerprint density at radius 3 is 2.47 bits per heavy atom. The zero-order chi connectivity index (χ0) is 23.7. The lowest BCUT2D eigenvalue weighted by atomic mass is 9.63. The van der Waals surface area contributed by atoms with Crippen LogP contribution in [-0.4, -0.2) is 23.1 Å². The number of aryl methyl sites for hydroxylation is 2. The summed E-state index contributed by atoms with van der Waals surface area (Å²) in [6.07, 6.45) is 7.81. The fourth-order valence-corrected chi connectivity index (χ4v) is 6.34. The molecule has 1 N–H and O–H groups in total. The van der Waals surface area contributed by atoms with Crippen LogP contribution in [-0.2, 0) is 18.3 Å². The van der Waals surface area contributed by atoms with Crippen molar-refractivity contribution in [3.63, 3.8) is 0 Å². The highest BCUT2D eigenvalue weighted by molar-refractivity contribution is 5.96. The molecule has 1 atom stereocenters. The Morgan fingerprint density at radius 1 is 1.00 bits per heavy atom. The van der Waals surface area contributed by atoms with E-state index in [9.17, 15) is 0 Å². The molecular weight excluding hydrogens is 416 g/mol. The number of nitrogens with zero attached hydrogens (tertiary/aromatic N) is 3. The first-order chi connectivity index (χ1) is 16.2. The van der Waals surface area contributed by atoms with Crippen LogP contribution in [0.4, 0.5) is 11.5 Å². The van der Waals surface area contributed by atoms with Crippen LogP contribution in [0.1, 0.15) is 87.5 Å². The molecule has 0 unspecified atom stereocenters. The number of rotatable bonds is 4. The second-order valence-corrected chi connectivity index (χ2v) is 12.2. The highest BCUT2D eigenvalue weighted by atomic mass is 15.2. The Balaban J connectivity index is 1.39. The lowest BCUT2D eigenvalue weighted by Crippen LogP contribution is -2.60. The molecule has 34 heavy (non-hydrogen) atoms. The van der Waals surface area contributed by atoms with Gasteiger partial charge in [0.15, 0.2) is 0 Å². The molecule has 6 rings (SSSR count). The number of nitrogens with one attached hydrogen (secondary N) is 1. The van der Waals surface area contributed by atoms with Gasteiger partial charge in [0.2, 0.25) is 0 Å². The lowest BCUT2D eigenvalue weighted by Gasteiger charge is -2.57. The van der Waals surface area contributed by atoms with Gasteiger partial charge >= 0.3 is 0 Å². The van der Waals surface area contributed by atoms with Gasteiger partial charge in [-0.3, -0.25) is 0 Å². The van der Waals surface area contributed by atoms with Gasteiger partial charge in [-0.05, 0) is 79.7 Å². The smallest absolute Gasteiger partial charge is 0.138 e. The minimum absolute atomic E-state index is 0.137. The van der Waals surface area contributed by atoms with Gasteiger partial charge in [0.1, 0.15) is 11.6 Å². The second-order valence-electron chi connectivity index (χ2n) is 12.2. The average molecular weight is 455 g/mol. The molecule has 2 heterocycles. The molecule has 1 aromatic heterocycles. The number of anilines is 2. The molecule has 3 aromatic rings. The lowest BCUT2D eigenvalue weighted by molar-refractivity contribution is 0.0903. The van der Waals surface area contributed by atoms with Crippen molar-refractivity contribution in [1.82, 2.24) is 9.97 Å². The summed E-state index contributed by atoms with van der Waals surface area (Å²) < 4.78 is 0. The van der Waals surface area contributed by atoms with E-state index >= 15 is 0 Å². The largest absolute Gasteiger partial charge is 0.370 e. The van der Waals surface area contributed by atoms with Crippen LogP contribution < -0.4 is 10.2 Å². The van der Waals surface area contributed by atoms with E-state index in [4.69, 9.17) is 9.97 Å². The topological polar surface area (TPSA) is 41.1 Å². The van der Waals surface area contributed by atoms with Crippen LogP contribution >= 0.6 is 0 Å². The molecule has 0 radical (unpaired) electrons. The van der Waals surface area contributed by atoms with Crippen molar-refractivity contribution in [2.24, 2.45) is 5.41 Å². The molecule has 0 amide bonds. The summed E-state index contributed by atoms with van der Waals surface area (Å²) in [5.74, 6) is 1.83. The summed E-state index contributed by atoms with van der Waals surface area (Å²) in [4.78, 5) is 12.5. The van der Waals surface area contributed by atoms with Crippen molar-refractivity contribution in [2.75, 3.05) is 23.3 Å². The molecule has 2 fully saturated rings. The van der Waals surface area contributed by atoms with Crippen molar-refractivity contribution in [3.8, 4) is 0 Å². The zero-order valence-electron chi connectivity index (χ0n) is 21.5. The van der Waals surface area contributed by atoms with Gasteiger partial charge < -0.3 is 10.2 Å². The van der Waals surface area contributed by atoms with Gasteiger partial charge in [-0.15, -0.1) is 0 Å². The first kappa shape index (κ1) is 21.9. The van der Waals surface area contributed by atoms with E-state index in [2.05, 4.69) is 68.2 Å². The van der Waals surface area contributed by atoms with E-state index in [1.807, 2.05) is 6.92 Å². The van der Waals surface area contributed by atoms with Crippen molar-refractivity contribution in [2.45, 2.75) is 84.6 Å². The minimum atomic E-state index is 0.137. The number of hydrogen-bond donors (Lipinski definition) is 1. The van der Waals surface area contributed by atoms with Gasteiger partial charge in [-0.25, -0.2) is 9.97 Å². The van der Waals surface area contributed by atoms with Crippen molar-refractivity contribution in [3.05, 3.63) is 58.4 Å². The number of fused-ring (bicyclic) bond motifs is 3. The van der Waals surface area contributed by atoms with Crippen molar-refractivity contribution >= 4 is 22.4 Å². The van der Waals surface area contributed by atoms with Crippen LogP contribution in [0.15, 0.2) is 30.3 Å². The molecule has 2 aliphatic carbocycles. The van der Waals surface area contributed by atoms with Crippen LogP contribution in [0.3, 0.4) is 0 Å². The summed E-state index contributed by atoms with van der Waals surface area (Å²) in [7, 11) is 0. The highest BCUT2D eigenvalue weighted by Crippen LogP contribution is 2.51. The fraction of sp³-hybridized carbons (Fsp3) is 0.533. The summed E-state index contributed by atoms with van der Waals surface area (Å²) >= 11 is 0. The molecule has 1 saturated carbocycles. The Hall–Kier alpha value is -2.62. The highest BCUT2D eigenvalue weighted by Gasteiger charge is 2.48. The third-order valence-corrected chi connectivity index (χ3v) is 8.56. The predicted octanol–water partition coefficient (Wildman–Crippen LogP) is 6.89. The zero-order valence-corrected chi connectivity index (χ0v) is 21.5. The Kier molecular flexibility index (Phi) is 4.95.